The zero-order chi connectivity index (χ0) is 22.1. The smallest absolute Gasteiger partial charge is 0.274 e. The Bertz CT molecular complexity index is 1270. The summed E-state index contributed by atoms with van der Waals surface area (Å²) in [5, 5.41) is 7.08. The van der Waals surface area contributed by atoms with Crippen LogP contribution in [-0.2, 0) is 11.2 Å². The molecule has 5 rings (SSSR count). The van der Waals surface area contributed by atoms with Crippen LogP contribution < -0.4 is 10.1 Å². The van der Waals surface area contributed by atoms with Crippen molar-refractivity contribution in [2.45, 2.75) is 32.3 Å². The lowest BCUT2D eigenvalue weighted by molar-refractivity contribution is 0.102. The van der Waals surface area contributed by atoms with Gasteiger partial charge in [0.2, 0.25) is 11.7 Å². The molecule has 0 radical (unpaired) electrons. The summed E-state index contributed by atoms with van der Waals surface area (Å²) < 4.78 is 18.0. The molecule has 32 heavy (non-hydrogen) atoms. The molecule has 4 aromatic rings. The molecule has 0 spiro atoms. The summed E-state index contributed by atoms with van der Waals surface area (Å²) in [4.78, 5) is 21.8. The van der Waals surface area contributed by atoms with Crippen LogP contribution in [0.15, 0.2) is 47.2 Å². The quantitative estimate of drug-likeness (QED) is 0.495. The van der Waals surface area contributed by atoms with Crippen LogP contribution in [-0.4, -0.2) is 45.3 Å². The molecule has 1 N–H and O–H groups in total. The molecule has 1 aliphatic rings. The molecule has 1 fully saturated rings. The fourth-order valence-electron chi connectivity index (χ4n) is 3.79. The number of pyridine rings is 1. The number of ether oxygens (including phenoxy) is 2. The van der Waals surface area contributed by atoms with Crippen molar-refractivity contribution in [2.75, 3.05) is 19.0 Å². The lowest BCUT2D eigenvalue weighted by Crippen LogP contribution is -2.15. The van der Waals surface area contributed by atoms with Gasteiger partial charge in [-0.2, -0.15) is 4.98 Å². The standard InChI is InChI=1S/C23H23N5O4/c1-14-5-6-15(22-26-21(32-27-22)12-17-4-3-9-31-17)10-18(14)25-23(29)19-13-24-20-11-16(30-2)7-8-28(19)20/h5-8,10-11,13,17H,3-4,9,12H2,1-2H3,(H,25,29). The predicted molar refractivity (Wildman–Crippen MR) is 117 cm³/mol. The minimum Gasteiger partial charge on any atom is -0.497 e. The Morgan fingerprint density at radius 1 is 1.31 bits per heavy atom. The summed E-state index contributed by atoms with van der Waals surface area (Å²) >= 11 is 0. The molecule has 0 bridgehead atoms. The number of carbonyl (C=O) groups is 1. The molecule has 1 aliphatic heterocycles. The van der Waals surface area contributed by atoms with Gasteiger partial charge in [-0.15, -0.1) is 0 Å². The van der Waals surface area contributed by atoms with E-state index in [1.165, 1.54) is 0 Å². The van der Waals surface area contributed by atoms with Gasteiger partial charge in [-0.1, -0.05) is 17.3 Å². The van der Waals surface area contributed by atoms with Gasteiger partial charge >= 0.3 is 0 Å². The second kappa shape index (κ2) is 8.43. The third-order valence-corrected chi connectivity index (χ3v) is 5.59. The Morgan fingerprint density at radius 3 is 3.03 bits per heavy atom. The maximum atomic E-state index is 13.0. The second-order valence-corrected chi connectivity index (χ2v) is 7.77. The monoisotopic (exact) mass is 433 g/mol. The number of imidazole rings is 1. The number of hydrogen-bond acceptors (Lipinski definition) is 7. The lowest BCUT2D eigenvalue weighted by Gasteiger charge is -2.10. The van der Waals surface area contributed by atoms with Gasteiger partial charge in [0.05, 0.1) is 25.8 Å². The molecule has 1 atom stereocenters. The summed E-state index contributed by atoms with van der Waals surface area (Å²) in [5.74, 6) is 1.45. The number of aromatic nitrogens is 4. The third kappa shape index (κ3) is 3.94. The van der Waals surface area contributed by atoms with Crippen LogP contribution in [0.3, 0.4) is 0 Å². The van der Waals surface area contributed by atoms with Gasteiger partial charge in [-0.25, -0.2) is 4.98 Å². The minimum atomic E-state index is -0.268. The van der Waals surface area contributed by atoms with Gasteiger partial charge in [0, 0.05) is 30.1 Å². The second-order valence-electron chi connectivity index (χ2n) is 7.77. The van der Waals surface area contributed by atoms with Crippen molar-refractivity contribution in [3.05, 3.63) is 59.9 Å². The first-order chi connectivity index (χ1) is 15.6. The van der Waals surface area contributed by atoms with Crippen molar-refractivity contribution < 1.29 is 18.8 Å². The fourth-order valence-corrected chi connectivity index (χ4v) is 3.79. The fraction of sp³-hybridized carbons (Fsp3) is 0.304. The van der Waals surface area contributed by atoms with Crippen molar-refractivity contribution in [1.29, 1.82) is 0 Å². The highest BCUT2D eigenvalue weighted by molar-refractivity contribution is 6.04. The summed E-state index contributed by atoms with van der Waals surface area (Å²) in [6.07, 6.45) is 6.12. The van der Waals surface area contributed by atoms with Crippen LogP contribution in [0, 0.1) is 6.92 Å². The van der Waals surface area contributed by atoms with Crippen LogP contribution in [0.1, 0.15) is 34.8 Å². The normalized spacial score (nSPS) is 15.9. The Kier molecular flexibility index (Phi) is 5.32. The van der Waals surface area contributed by atoms with E-state index in [9.17, 15) is 4.79 Å². The number of fused-ring (bicyclic) bond motifs is 1. The Morgan fingerprint density at radius 2 is 2.22 bits per heavy atom. The van der Waals surface area contributed by atoms with Crippen LogP contribution in [0.2, 0.25) is 0 Å². The molecule has 9 nitrogen and oxygen atoms in total. The first kappa shape index (κ1) is 20.2. The average molecular weight is 433 g/mol. The highest BCUT2D eigenvalue weighted by Crippen LogP contribution is 2.25. The molecular formula is C23H23N5O4. The molecule has 0 saturated carbocycles. The SMILES string of the molecule is COc1ccn2c(C(=O)Nc3cc(-c4noc(CC5CCCO5)n4)ccc3C)cnc2c1. The number of rotatable bonds is 6. The van der Waals surface area contributed by atoms with Gasteiger partial charge in [0.1, 0.15) is 17.1 Å². The van der Waals surface area contributed by atoms with E-state index in [2.05, 4.69) is 20.4 Å². The zero-order valence-electron chi connectivity index (χ0n) is 17.9. The van der Waals surface area contributed by atoms with Crippen LogP contribution >= 0.6 is 0 Å². The first-order valence-electron chi connectivity index (χ1n) is 10.5. The van der Waals surface area contributed by atoms with Gasteiger partial charge in [0.15, 0.2) is 0 Å². The number of nitrogens with one attached hydrogen (secondary N) is 1. The number of carbonyl (C=O) groups excluding carboxylic acids is 1. The molecule has 1 saturated heterocycles. The molecule has 9 heteroatoms. The van der Waals surface area contributed by atoms with Crippen molar-refractivity contribution in [3.63, 3.8) is 0 Å². The maximum Gasteiger partial charge on any atom is 0.274 e. The molecule has 1 aromatic carbocycles. The Balaban J connectivity index is 1.36. The molecule has 0 aliphatic carbocycles. The highest BCUT2D eigenvalue weighted by atomic mass is 16.5. The number of hydrogen-bond donors (Lipinski definition) is 1. The van der Waals surface area contributed by atoms with Gasteiger partial charge < -0.3 is 19.3 Å². The molecule has 4 heterocycles. The minimum absolute atomic E-state index is 0.140. The number of methoxy groups -OCH3 is 1. The highest BCUT2D eigenvalue weighted by Gasteiger charge is 2.20. The molecule has 1 unspecified atom stereocenters. The number of nitrogens with zero attached hydrogens (tertiary/aromatic N) is 4. The van der Waals surface area contributed by atoms with Gasteiger partial charge in [-0.05, 0) is 37.5 Å². The van der Waals surface area contributed by atoms with E-state index in [-0.39, 0.29) is 12.0 Å². The number of amides is 1. The van der Waals surface area contributed by atoms with E-state index < -0.39 is 0 Å². The topological polar surface area (TPSA) is 104 Å². The summed E-state index contributed by atoms with van der Waals surface area (Å²) in [6, 6.07) is 9.22. The maximum absolute atomic E-state index is 13.0. The van der Waals surface area contributed by atoms with Crippen LogP contribution in [0.25, 0.3) is 17.0 Å². The predicted octanol–water partition coefficient (Wildman–Crippen LogP) is 3.68. The van der Waals surface area contributed by atoms with Gasteiger partial charge in [0.25, 0.3) is 5.91 Å². The van der Waals surface area contributed by atoms with E-state index in [0.29, 0.717) is 40.9 Å². The van der Waals surface area contributed by atoms with Crippen molar-refractivity contribution >= 4 is 17.2 Å². The molecule has 3 aromatic heterocycles. The Hall–Kier alpha value is -3.72. The van der Waals surface area contributed by atoms with Crippen molar-refractivity contribution in [3.8, 4) is 17.1 Å². The van der Waals surface area contributed by atoms with E-state index in [0.717, 1.165) is 30.6 Å². The van der Waals surface area contributed by atoms with Gasteiger partial charge in [-0.3, -0.25) is 9.20 Å². The zero-order valence-corrected chi connectivity index (χ0v) is 17.9. The number of benzene rings is 1. The van der Waals surface area contributed by atoms with Crippen molar-refractivity contribution in [2.24, 2.45) is 0 Å². The third-order valence-electron chi connectivity index (χ3n) is 5.59. The van der Waals surface area contributed by atoms with E-state index >= 15 is 0 Å². The van der Waals surface area contributed by atoms with E-state index in [1.807, 2.05) is 25.1 Å². The molecule has 1 amide bonds. The largest absolute Gasteiger partial charge is 0.497 e. The summed E-state index contributed by atoms with van der Waals surface area (Å²) in [5.41, 5.74) is 3.40. The molecule has 164 valence electrons. The van der Waals surface area contributed by atoms with Crippen LogP contribution in [0.4, 0.5) is 5.69 Å². The van der Waals surface area contributed by atoms with E-state index in [1.54, 1.807) is 36.0 Å². The van der Waals surface area contributed by atoms with Crippen molar-refractivity contribution in [1.82, 2.24) is 19.5 Å². The number of anilines is 1. The van der Waals surface area contributed by atoms with Crippen LogP contribution in [0.5, 0.6) is 5.75 Å². The summed E-state index contributed by atoms with van der Waals surface area (Å²) in [7, 11) is 1.59. The Labute approximate surface area is 184 Å². The number of aryl methyl sites for hydroxylation is 1. The van der Waals surface area contributed by atoms with E-state index in [4.69, 9.17) is 14.0 Å². The molecular weight excluding hydrogens is 410 g/mol. The lowest BCUT2D eigenvalue weighted by atomic mass is 10.1. The average Bonchev–Trinajstić information content (AvgIpc) is 3.56. The first-order valence-corrected chi connectivity index (χ1v) is 10.5. The summed E-state index contributed by atoms with van der Waals surface area (Å²) in [6.45, 7) is 2.71.